The Labute approximate surface area is 97.6 Å². The number of thiophene rings is 1. The van der Waals surface area contributed by atoms with Crippen molar-refractivity contribution in [3.63, 3.8) is 0 Å². The number of hydrogen-bond acceptors (Lipinski definition) is 3. The summed E-state index contributed by atoms with van der Waals surface area (Å²) < 4.78 is 0. The third-order valence-electron chi connectivity index (χ3n) is 1.73. The summed E-state index contributed by atoms with van der Waals surface area (Å²) in [6.07, 6.45) is 2.45. The Morgan fingerprint density at radius 1 is 1.50 bits per heavy atom. The van der Waals surface area contributed by atoms with Gasteiger partial charge in [-0.05, 0) is 36.9 Å². The minimum atomic E-state index is -1.03. The fourth-order valence-electron chi connectivity index (χ4n) is 1.12. The molecular weight excluding hydrogens is 226 g/mol. The van der Waals surface area contributed by atoms with Crippen molar-refractivity contribution < 1.29 is 14.7 Å². The number of rotatable bonds is 4. The van der Waals surface area contributed by atoms with Crippen LogP contribution in [0.1, 0.15) is 29.1 Å². The molecular formula is C11H13NO3S. The summed E-state index contributed by atoms with van der Waals surface area (Å²) in [6, 6.07) is 1.78. The molecule has 1 amide bonds. The fourth-order valence-corrected chi connectivity index (χ4v) is 1.91. The summed E-state index contributed by atoms with van der Waals surface area (Å²) >= 11 is 1.30. The normalized spacial score (nSPS) is 10.9. The van der Waals surface area contributed by atoms with E-state index in [1.807, 2.05) is 13.8 Å². The second-order valence-corrected chi connectivity index (χ2v) is 4.42. The predicted molar refractivity (Wildman–Crippen MR) is 63.6 cm³/mol. The molecule has 0 aliphatic heterocycles. The zero-order chi connectivity index (χ0) is 12.1. The van der Waals surface area contributed by atoms with E-state index in [1.165, 1.54) is 17.4 Å². The lowest BCUT2D eigenvalue weighted by Crippen LogP contribution is -2.29. The molecule has 1 aromatic heterocycles. The van der Waals surface area contributed by atoms with Gasteiger partial charge in [0.2, 0.25) is 0 Å². The van der Waals surface area contributed by atoms with Gasteiger partial charge in [0.15, 0.2) is 0 Å². The Kier molecular flexibility index (Phi) is 4.25. The van der Waals surface area contributed by atoms with Crippen LogP contribution in [-0.2, 0) is 4.79 Å². The molecule has 0 atom stereocenters. The van der Waals surface area contributed by atoms with Gasteiger partial charge in [-0.25, -0.2) is 4.79 Å². The summed E-state index contributed by atoms with van der Waals surface area (Å²) in [7, 11) is 0. The van der Waals surface area contributed by atoms with Crippen LogP contribution in [0.25, 0.3) is 6.08 Å². The molecule has 4 nitrogen and oxygen atoms in total. The number of carboxylic acids is 1. The van der Waals surface area contributed by atoms with Gasteiger partial charge in [-0.1, -0.05) is 0 Å². The van der Waals surface area contributed by atoms with Gasteiger partial charge >= 0.3 is 5.97 Å². The molecule has 0 radical (unpaired) electrons. The fraction of sp³-hybridized carbons (Fsp3) is 0.273. The summed E-state index contributed by atoms with van der Waals surface area (Å²) in [6.45, 7) is 3.75. The second-order valence-electron chi connectivity index (χ2n) is 3.50. The van der Waals surface area contributed by atoms with Gasteiger partial charge in [-0.3, -0.25) is 4.79 Å². The Morgan fingerprint density at radius 3 is 2.75 bits per heavy atom. The lowest BCUT2D eigenvalue weighted by Gasteiger charge is -2.07. The number of aliphatic carboxylic acids is 1. The first-order valence-corrected chi connectivity index (χ1v) is 5.68. The van der Waals surface area contributed by atoms with Crippen LogP contribution in [0.3, 0.4) is 0 Å². The van der Waals surface area contributed by atoms with E-state index in [0.29, 0.717) is 10.4 Å². The van der Waals surface area contributed by atoms with Gasteiger partial charge in [-0.15, -0.1) is 11.3 Å². The molecule has 0 fully saturated rings. The number of carbonyl (C=O) groups excluding carboxylic acids is 1. The van der Waals surface area contributed by atoms with Crippen molar-refractivity contribution in [2.75, 3.05) is 0 Å². The topological polar surface area (TPSA) is 66.4 Å². The molecule has 0 spiro atoms. The first-order chi connectivity index (χ1) is 7.50. The van der Waals surface area contributed by atoms with Gasteiger partial charge in [-0.2, -0.15) is 0 Å². The van der Waals surface area contributed by atoms with E-state index < -0.39 is 5.97 Å². The highest BCUT2D eigenvalue weighted by Gasteiger charge is 2.12. The van der Waals surface area contributed by atoms with Crippen molar-refractivity contribution in [3.8, 4) is 0 Å². The first kappa shape index (κ1) is 12.4. The molecule has 0 aliphatic rings. The highest BCUT2D eigenvalue weighted by Crippen LogP contribution is 2.18. The molecule has 16 heavy (non-hydrogen) atoms. The minimum absolute atomic E-state index is 0.0610. The lowest BCUT2D eigenvalue weighted by atomic mass is 10.2. The predicted octanol–water partition coefficient (Wildman–Crippen LogP) is 1.98. The average molecular weight is 239 g/mol. The summed E-state index contributed by atoms with van der Waals surface area (Å²) in [4.78, 5) is 22.6. The van der Waals surface area contributed by atoms with E-state index in [0.717, 1.165) is 6.08 Å². The third kappa shape index (κ3) is 3.51. The smallest absolute Gasteiger partial charge is 0.328 e. The molecule has 0 aromatic carbocycles. The zero-order valence-corrected chi connectivity index (χ0v) is 9.88. The van der Waals surface area contributed by atoms with Crippen molar-refractivity contribution >= 4 is 29.3 Å². The van der Waals surface area contributed by atoms with E-state index in [4.69, 9.17) is 5.11 Å². The molecule has 1 rings (SSSR count). The number of nitrogens with one attached hydrogen (secondary N) is 1. The number of carboxylic acid groups (broad SMARTS) is 1. The zero-order valence-electron chi connectivity index (χ0n) is 9.06. The average Bonchev–Trinajstić information content (AvgIpc) is 2.61. The van der Waals surface area contributed by atoms with Crippen molar-refractivity contribution in [1.29, 1.82) is 0 Å². The van der Waals surface area contributed by atoms with Crippen LogP contribution >= 0.6 is 11.3 Å². The molecule has 0 saturated carbocycles. The van der Waals surface area contributed by atoms with Gasteiger partial charge in [0.05, 0.1) is 4.88 Å². The molecule has 0 unspecified atom stereocenters. The second kappa shape index (κ2) is 5.46. The molecule has 0 saturated heterocycles. The summed E-state index contributed by atoms with van der Waals surface area (Å²) in [5.74, 6) is -1.20. The summed E-state index contributed by atoms with van der Waals surface area (Å²) in [5, 5.41) is 13.0. The molecule has 1 heterocycles. The van der Waals surface area contributed by atoms with Crippen LogP contribution in [0.2, 0.25) is 0 Å². The van der Waals surface area contributed by atoms with Crippen LogP contribution < -0.4 is 5.32 Å². The molecule has 5 heteroatoms. The van der Waals surface area contributed by atoms with Crippen LogP contribution in [0.4, 0.5) is 0 Å². The monoisotopic (exact) mass is 239 g/mol. The van der Waals surface area contributed by atoms with Crippen molar-refractivity contribution in [2.24, 2.45) is 0 Å². The first-order valence-electron chi connectivity index (χ1n) is 4.80. The Balaban J connectivity index is 2.85. The standard InChI is InChI=1S/C11H13NO3S/c1-7(2)12-11(15)10-8(5-6-16-10)3-4-9(13)14/h3-7H,1-2H3,(H,12,15)(H,13,14). The van der Waals surface area contributed by atoms with Gasteiger partial charge in [0.25, 0.3) is 5.91 Å². The van der Waals surface area contributed by atoms with Crippen LogP contribution in [0.5, 0.6) is 0 Å². The van der Waals surface area contributed by atoms with E-state index in [-0.39, 0.29) is 11.9 Å². The van der Waals surface area contributed by atoms with Crippen molar-refractivity contribution in [2.45, 2.75) is 19.9 Å². The highest BCUT2D eigenvalue weighted by molar-refractivity contribution is 7.12. The number of amides is 1. The SMILES string of the molecule is CC(C)NC(=O)c1sccc1C=CC(=O)O. The van der Waals surface area contributed by atoms with Gasteiger partial charge in [0, 0.05) is 12.1 Å². The quantitative estimate of drug-likeness (QED) is 0.789. The third-order valence-corrected chi connectivity index (χ3v) is 2.66. The van der Waals surface area contributed by atoms with Crippen LogP contribution in [0.15, 0.2) is 17.5 Å². The van der Waals surface area contributed by atoms with Gasteiger partial charge < -0.3 is 10.4 Å². The Hall–Kier alpha value is -1.62. The molecule has 2 N–H and O–H groups in total. The minimum Gasteiger partial charge on any atom is -0.478 e. The Bertz CT molecular complexity index is 421. The van der Waals surface area contributed by atoms with Crippen molar-refractivity contribution in [1.82, 2.24) is 5.32 Å². The molecule has 0 aliphatic carbocycles. The lowest BCUT2D eigenvalue weighted by molar-refractivity contribution is -0.131. The van der Waals surface area contributed by atoms with Crippen molar-refractivity contribution in [3.05, 3.63) is 28.0 Å². The maximum Gasteiger partial charge on any atom is 0.328 e. The highest BCUT2D eigenvalue weighted by atomic mass is 32.1. The molecule has 86 valence electrons. The maximum absolute atomic E-state index is 11.7. The molecule has 0 bridgehead atoms. The van der Waals surface area contributed by atoms with E-state index in [2.05, 4.69) is 5.32 Å². The van der Waals surface area contributed by atoms with E-state index in [1.54, 1.807) is 11.4 Å². The van der Waals surface area contributed by atoms with Gasteiger partial charge in [0.1, 0.15) is 0 Å². The van der Waals surface area contributed by atoms with E-state index in [9.17, 15) is 9.59 Å². The Morgan fingerprint density at radius 2 is 2.19 bits per heavy atom. The van der Waals surface area contributed by atoms with Crippen LogP contribution in [-0.4, -0.2) is 23.0 Å². The van der Waals surface area contributed by atoms with E-state index >= 15 is 0 Å². The number of carbonyl (C=O) groups is 2. The maximum atomic E-state index is 11.7. The van der Waals surface area contributed by atoms with Crippen LogP contribution in [0, 0.1) is 0 Å². The molecule has 1 aromatic rings. The summed E-state index contributed by atoms with van der Waals surface area (Å²) in [5.41, 5.74) is 0.630. The number of hydrogen-bond donors (Lipinski definition) is 2. The largest absolute Gasteiger partial charge is 0.478 e.